The third-order valence-electron chi connectivity index (χ3n) is 4.71. The number of hydrogen-bond acceptors (Lipinski definition) is 4. The molecule has 0 aliphatic heterocycles. The summed E-state index contributed by atoms with van der Waals surface area (Å²) in [4.78, 5) is 11.9. The molecule has 2 aromatic carbocycles. The zero-order chi connectivity index (χ0) is 22.4. The van der Waals surface area contributed by atoms with E-state index in [9.17, 15) is 4.79 Å². The lowest BCUT2D eigenvalue weighted by atomic mass is 9.99. The molecule has 0 radical (unpaired) electrons. The molecule has 1 atom stereocenters. The first kappa shape index (κ1) is 23.2. The van der Waals surface area contributed by atoms with Crippen LogP contribution in [0.3, 0.4) is 0 Å². The minimum atomic E-state index is -0.387. The summed E-state index contributed by atoms with van der Waals surface area (Å²) in [7, 11) is 0. The van der Waals surface area contributed by atoms with Crippen molar-refractivity contribution in [2.45, 2.75) is 26.2 Å². The highest BCUT2D eigenvalue weighted by Gasteiger charge is 2.11. The molecule has 1 heterocycles. The van der Waals surface area contributed by atoms with Crippen LogP contribution in [0.1, 0.15) is 37.5 Å². The maximum absolute atomic E-state index is 11.9. The molecule has 0 fully saturated rings. The van der Waals surface area contributed by atoms with Crippen LogP contribution in [0.2, 0.25) is 15.1 Å². The lowest BCUT2D eigenvalue weighted by Gasteiger charge is -2.10. The van der Waals surface area contributed by atoms with Crippen molar-refractivity contribution in [3.05, 3.63) is 74.9 Å². The van der Waals surface area contributed by atoms with Gasteiger partial charge in [-0.3, -0.25) is 4.79 Å². The molecule has 1 aromatic heterocycles. The van der Waals surface area contributed by atoms with Crippen molar-refractivity contribution in [2.24, 2.45) is 5.10 Å². The van der Waals surface area contributed by atoms with Crippen molar-refractivity contribution >= 4 is 46.9 Å². The van der Waals surface area contributed by atoms with Gasteiger partial charge in [0.25, 0.3) is 5.91 Å². The number of hydrazone groups is 1. The van der Waals surface area contributed by atoms with Crippen LogP contribution >= 0.6 is 34.8 Å². The summed E-state index contributed by atoms with van der Waals surface area (Å²) in [6, 6.07) is 14.3. The summed E-state index contributed by atoms with van der Waals surface area (Å²) in [6.07, 6.45) is 2.45. The first-order valence-corrected chi connectivity index (χ1v) is 10.8. The Morgan fingerprint density at radius 3 is 2.52 bits per heavy atom. The molecule has 0 aliphatic rings. The van der Waals surface area contributed by atoms with Crippen molar-refractivity contribution < 1.29 is 13.9 Å². The van der Waals surface area contributed by atoms with Gasteiger partial charge >= 0.3 is 0 Å². The summed E-state index contributed by atoms with van der Waals surface area (Å²) >= 11 is 18.2. The molecule has 0 saturated carbocycles. The second-order valence-electron chi connectivity index (χ2n) is 6.91. The first-order chi connectivity index (χ1) is 14.9. The fraction of sp³-hybridized carbons (Fsp3) is 0.217. The quantitative estimate of drug-likeness (QED) is 0.216. The van der Waals surface area contributed by atoms with Crippen LogP contribution in [0.4, 0.5) is 0 Å². The van der Waals surface area contributed by atoms with E-state index in [1.165, 1.54) is 11.8 Å². The number of benzene rings is 2. The Morgan fingerprint density at radius 1 is 1.10 bits per heavy atom. The molecule has 8 heteroatoms. The van der Waals surface area contributed by atoms with Crippen molar-refractivity contribution in [3.63, 3.8) is 0 Å². The molecule has 1 amide bonds. The Bertz CT molecular complexity index is 1080. The molecule has 0 bridgehead atoms. The van der Waals surface area contributed by atoms with Gasteiger partial charge in [0.15, 0.2) is 6.61 Å². The van der Waals surface area contributed by atoms with E-state index in [4.69, 9.17) is 44.0 Å². The van der Waals surface area contributed by atoms with E-state index < -0.39 is 0 Å². The Labute approximate surface area is 195 Å². The standard InChI is InChI=1S/C23H21Cl3N2O3/c1-3-14(2)15-4-6-16(7-5-15)30-13-23(29)28-27-12-17-8-9-22(31-17)18-10-20(25)21(26)11-19(18)24/h4-12,14H,3,13H2,1-2H3,(H,28,29)/b27-12-/t14-/m1/s1. The number of furan rings is 1. The predicted molar refractivity (Wildman–Crippen MR) is 126 cm³/mol. The maximum atomic E-state index is 11.9. The Morgan fingerprint density at radius 2 is 1.81 bits per heavy atom. The smallest absolute Gasteiger partial charge is 0.277 e. The van der Waals surface area contributed by atoms with Gasteiger partial charge < -0.3 is 9.15 Å². The van der Waals surface area contributed by atoms with Crippen molar-refractivity contribution in [2.75, 3.05) is 6.61 Å². The molecule has 31 heavy (non-hydrogen) atoms. The number of amides is 1. The highest BCUT2D eigenvalue weighted by atomic mass is 35.5. The van der Waals surface area contributed by atoms with Crippen LogP contribution in [0.5, 0.6) is 5.75 Å². The van der Waals surface area contributed by atoms with E-state index in [0.717, 1.165) is 6.42 Å². The van der Waals surface area contributed by atoms with Crippen LogP contribution in [0.15, 0.2) is 58.0 Å². The van der Waals surface area contributed by atoms with E-state index in [0.29, 0.717) is 43.8 Å². The molecular formula is C23H21Cl3N2O3. The average Bonchev–Trinajstić information content (AvgIpc) is 3.23. The number of carbonyl (C=O) groups is 1. The third kappa shape index (κ3) is 6.26. The molecule has 5 nitrogen and oxygen atoms in total. The van der Waals surface area contributed by atoms with Gasteiger partial charge in [0.2, 0.25) is 0 Å². The van der Waals surface area contributed by atoms with Gasteiger partial charge in [0, 0.05) is 5.56 Å². The number of nitrogens with zero attached hydrogens (tertiary/aromatic N) is 1. The van der Waals surface area contributed by atoms with Crippen LogP contribution in [-0.2, 0) is 4.79 Å². The van der Waals surface area contributed by atoms with Gasteiger partial charge in [-0.25, -0.2) is 5.43 Å². The van der Waals surface area contributed by atoms with E-state index in [1.807, 2.05) is 24.3 Å². The molecule has 1 N–H and O–H groups in total. The summed E-state index contributed by atoms with van der Waals surface area (Å²) in [5, 5.41) is 5.03. The SMILES string of the molecule is CC[C@@H](C)c1ccc(OCC(=O)N/N=C\c2ccc(-c3cc(Cl)c(Cl)cc3Cl)o2)cc1. The van der Waals surface area contributed by atoms with Gasteiger partial charge in [0.05, 0.1) is 21.3 Å². The Hall–Kier alpha value is -2.47. The summed E-state index contributed by atoms with van der Waals surface area (Å²) in [5.74, 6) is 1.66. The van der Waals surface area contributed by atoms with E-state index >= 15 is 0 Å². The van der Waals surface area contributed by atoms with Crippen LogP contribution in [0, 0.1) is 0 Å². The lowest BCUT2D eigenvalue weighted by Crippen LogP contribution is -2.24. The topological polar surface area (TPSA) is 63.8 Å². The van der Waals surface area contributed by atoms with Crippen LogP contribution in [0.25, 0.3) is 11.3 Å². The Kier molecular flexibility index (Phi) is 8.02. The van der Waals surface area contributed by atoms with Gasteiger partial charge in [-0.1, -0.05) is 60.8 Å². The van der Waals surface area contributed by atoms with Gasteiger partial charge in [0.1, 0.15) is 17.3 Å². The number of hydrogen-bond donors (Lipinski definition) is 1. The molecular weight excluding hydrogens is 459 g/mol. The molecule has 3 aromatic rings. The third-order valence-corrected chi connectivity index (χ3v) is 5.75. The van der Waals surface area contributed by atoms with Crippen LogP contribution < -0.4 is 10.2 Å². The van der Waals surface area contributed by atoms with Gasteiger partial charge in [-0.2, -0.15) is 5.10 Å². The molecule has 162 valence electrons. The van der Waals surface area contributed by atoms with E-state index in [-0.39, 0.29) is 12.5 Å². The van der Waals surface area contributed by atoms with E-state index in [1.54, 1.807) is 24.3 Å². The highest BCUT2D eigenvalue weighted by Crippen LogP contribution is 2.35. The summed E-state index contributed by atoms with van der Waals surface area (Å²) in [6.45, 7) is 4.16. The molecule has 3 rings (SSSR count). The average molecular weight is 480 g/mol. The predicted octanol–water partition coefficient (Wildman–Crippen LogP) is 6.95. The minimum Gasteiger partial charge on any atom is -0.484 e. The number of nitrogens with one attached hydrogen (secondary N) is 1. The second kappa shape index (κ2) is 10.7. The molecule has 0 spiro atoms. The van der Waals surface area contributed by atoms with Crippen LogP contribution in [-0.4, -0.2) is 18.7 Å². The Balaban J connectivity index is 1.52. The molecule has 0 aliphatic carbocycles. The second-order valence-corrected chi connectivity index (χ2v) is 8.13. The van der Waals surface area contributed by atoms with Gasteiger partial charge in [-0.05, 0) is 54.3 Å². The summed E-state index contributed by atoms with van der Waals surface area (Å²) in [5.41, 5.74) is 4.24. The van der Waals surface area contributed by atoms with Crippen molar-refractivity contribution in [1.82, 2.24) is 5.43 Å². The number of ether oxygens (including phenoxy) is 1. The number of carbonyl (C=O) groups excluding carboxylic acids is 1. The van der Waals surface area contributed by atoms with Crippen molar-refractivity contribution in [3.8, 4) is 17.1 Å². The van der Waals surface area contributed by atoms with Crippen molar-refractivity contribution in [1.29, 1.82) is 0 Å². The number of rotatable bonds is 8. The maximum Gasteiger partial charge on any atom is 0.277 e. The lowest BCUT2D eigenvalue weighted by molar-refractivity contribution is -0.123. The fourth-order valence-electron chi connectivity index (χ4n) is 2.76. The zero-order valence-corrected chi connectivity index (χ0v) is 19.3. The van der Waals surface area contributed by atoms with E-state index in [2.05, 4.69) is 24.4 Å². The monoisotopic (exact) mass is 478 g/mol. The molecule has 0 saturated heterocycles. The highest BCUT2D eigenvalue weighted by molar-refractivity contribution is 6.44. The fourth-order valence-corrected chi connectivity index (χ4v) is 3.40. The first-order valence-electron chi connectivity index (χ1n) is 9.66. The summed E-state index contributed by atoms with van der Waals surface area (Å²) < 4.78 is 11.2. The zero-order valence-electron chi connectivity index (χ0n) is 17.0. The normalized spacial score (nSPS) is 12.2. The number of halogens is 3. The minimum absolute atomic E-state index is 0.150. The van der Waals surface area contributed by atoms with Gasteiger partial charge in [-0.15, -0.1) is 0 Å². The molecule has 0 unspecified atom stereocenters. The largest absolute Gasteiger partial charge is 0.484 e.